The van der Waals surface area contributed by atoms with Gasteiger partial charge in [-0.25, -0.2) is 0 Å². The minimum atomic E-state index is -0.0794. The lowest BCUT2D eigenvalue weighted by Gasteiger charge is -2.04. The van der Waals surface area contributed by atoms with Crippen molar-refractivity contribution in [1.29, 1.82) is 0 Å². The third-order valence-corrected chi connectivity index (χ3v) is 4.34. The molecule has 0 aliphatic heterocycles. The molecule has 0 aromatic heterocycles. The Hall–Kier alpha value is -0.610. The van der Waals surface area contributed by atoms with Crippen LogP contribution in [-0.4, -0.2) is 38.0 Å². The van der Waals surface area contributed by atoms with Crippen molar-refractivity contribution in [1.82, 2.24) is 0 Å². The van der Waals surface area contributed by atoms with Crippen LogP contribution in [0, 0.1) is 0 Å². The molecule has 0 saturated heterocycles. The van der Waals surface area contributed by atoms with Gasteiger partial charge < -0.3 is 14.6 Å². The minimum absolute atomic E-state index is 0.0794. The van der Waals surface area contributed by atoms with Crippen LogP contribution in [0.2, 0.25) is 0 Å². The second kappa shape index (κ2) is 20.4. The molecule has 0 unspecified atom stereocenters. The van der Waals surface area contributed by atoms with Crippen LogP contribution < -0.4 is 0 Å². The van der Waals surface area contributed by atoms with E-state index < -0.39 is 0 Å². The molecule has 144 valence electrons. The molecular formula is C20H40O4. The Bertz CT molecular complexity index is 256. The van der Waals surface area contributed by atoms with Crippen molar-refractivity contribution in [2.24, 2.45) is 0 Å². The molecular weight excluding hydrogens is 304 g/mol. The third-order valence-electron chi connectivity index (χ3n) is 4.34. The van der Waals surface area contributed by atoms with Gasteiger partial charge in [0, 0.05) is 26.2 Å². The average molecular weight is 345 g/mol. The molecule has 4 heteroatoms. The summed E-state index contributed by atoms with van der Waals surface area (Å²) in [5.41, 5.74) is 0. The Morgan fingerprint density at radius 2 is 1.08 bits per heavy atom. The van der Waals surface area contributed by atoms with E-state index in [9.17, 15) is 4.79 Å². The summed E-state index contributed by atoms with van der Waals surface area (Å²) < 4.78 is 10.0. The van der Waals surface area contributed by atoms with E-state index in [4.69, 9.17) is 9.84 Å². The van der Waals surface area contributed by atoms with E-state index in [0.29, 0.717) is 13.0 Å². The Balaban J connectivity index is 2.99. The van der Waals surface area contributed by atoms with Crippen LogP contribution in [0.5, 0.6) is 0 Å². The van der Waals surface area contributed by atoms with Crippen LogP contribution in [0.15, 0.2) is 0 Å². The monoisotopic (exact) mass is 344 g/mol. The summed E-state index contributed by atoms with van der Waals surface area (Å²) in [4.78, 5) is 10.9. The molecule has 0 bridgehead atoms. The van der Waals surface area contributed by atoms with Crippen molar-refractivity contribution in [3.63, 3.8) is 0 Å². The van der Waals surface area contributed by atoms with Gasteiger partial charge in [-0.15, -0.1) is 0 Å². The smallest absolute Gasteiger partial charge is 0.305 e. The van der Waals surface area contributed by atoms with Crippen LogP contribution in [0.3, 0.4) is 0 Å². The number of methoxy groups -OCH3 is 1. The fourth-order valence-electron chi connectivity index (χ4n) is 2.79. The van der Waals surface area contributed by atoms with Gasteiger partial charge in [0.15, 0.2) is 0 Å². The summed E-state index contributed by atoms with van der Waals surface area (Å²) in [6.45, 7) is 1.77. The molecule has 0 aliphatic carbocycles. The first-order chi connectivity index (χ1) is 11.8. The highest BCUT2D eigenvalue weighted by Gasteiger charge is 1.99. The largest absolute Gasteiger partial charge is 0.469 e. The van der Waals surface area contributed by atoms with E-state index in [2.05, 4.69) is 4.74 Å². The number of ether oxygens (including phenoxy) is 2. The number of carbonyl (C=O) groups is 1. The van der Waals surface area contributed by atoms with Gasteiger partial charge in [-0.1, -0.05) is 70.6 Å². The van der Waals surface area contributed by atoms with E-state index in [-0.39, 0.29) is 12.6 Å². The Morgan fingerprint density at radius 3 is 1.54 bits per heavy atom. The molecule has 1 N–H and O–H groups in total. The van der Waals surface area contributed by atoms with Crippen molar-refractivity contribution in [2.75, 3.05) is 26.9 Å². The summed E-state index contributed by atoms with van der Waals surface area (Å²) in [7, 11) is 1.46. The highest BCUT2D eigenvalue weighted by molar-refractivity contribution is 5.68. The molecule has 24 heavy (non-hydrogen) atoms. The molecule has 0 aromatic rings. The van der Waals surface area contributed by atoms with Crippen LogP contribution in [0.25, 0.3) is 0 Å². The second-order valence-corrected chi connectivity index (χ2v) is 6.61. The van der Waals surface area contributed by atoms with Crippen molar-refractivity contribution in [2.45, 2.75) is 96.3 Å². The zero-order valence-corrected chi connectivity index (χ0v) is 15.9. The first-order valence-corrected chi connectivity index (χ1v) is 10.1. The normalized spacial score (nSPS) is 10.9. The van der Waals surface area contributed by atoms with Crippen molar-refractivity contribution >= 4 is 5.97 Å². The summed E-state index contributed by atoms with van der Waals surface area (Å²) in [5, 5.41) is 8.62. The molecule has 0 saturated carbocycles. The minimum Gasteiger partial charge on any atom is -0.469 e. The number of unbranched alkanes of at least 4 members (excludes halogenated alkanes) is 12. The maximum absolute atomic E-state index is 10.9. The maximum atomic E-state index is 10.9. The lowest BCUT2D eigenvalue weighted by atomic mass is 10.0. The third kappa shape index (κ3) is 19.4. The Kier molecular flexibility index (Phi) is 19.9. The van der Waals surface area contributed by atoms with Gasteiger partial charge in [0.05, 0.1) is 7.11 Å². The van der Waals surface area contributed by atoms with Crippen LogP contribution in [0.4, 0.5) is 0 Å². The van der Waals surface area contributed by atoms with Gasteiger partial charge >= 0.3 is 5.97 Å². The first-order valence-electron chi connectivity index (χ1n) is 10.1. The van der Waals surface area contributed by atoms with Gasteiger partial charge in [-0.2, -0.15) is 0 Å². The SMILES string of the molecule is COC(=O)CCCCCCCCCCCCCCCOCCCO. The maximum Gasteiger partial charge on any atom is 0.305 e. The van der Waals surface area contributed by atoms with Gasteiger partial charge in [0.1, 0.15) is 0 Å². The zero-order chi connectivity index (χ0) is 17.7. The molecule has 0 amide bonds. The number of carbonyl (C=O) groups excluding carboxylic acids is 1. The summed E-state index contributed by atoms with van der Waals surface area (Å²) in [6.07, 6.45) is 17.9. The molecule has 0 aromatic carbocycles. The summed E-state index contributed by atoms with van der Waals surface area (Å²) in [6, 6.07) is 0. The second-order valence-electron chi connectivity index (χ2n) is 6.61. The quantitative estimate of drug-likeness (QED) is 0.264. The van der Waals surface area contributed by atoms with Crippen LogP contribution >= 0.6 is 0 Å². The van der Waals surface area contributed by atoms with Gasteiger partial charge in [0.2, 0.25) is 0 Å². The topological polar surface area (TPSA) is 55.8 Å². The van der Waals surface area contributed by atoms with Gasteiger partial charge in [-0.3, -0.25) is 4.79 Å². The molecule has 0 rings (SSSR count). The molecule has 0 atom stereocenters. The Morgan fingerprint density at radius 1 is 0.667 bits per heavy atom. The average Bonchev–Trinajstić information content (AvgIpc) is 2.60. The summed E-state index contributed by atoms with van der Waals surface area (Å²) in [5.74, 6) is -0.0794. The van der Waals surface area contributed by atoms with E-state index in [1.165, 1.54) is 71.3 Å². The lowest BCUT2D eigenvalue weighted by Crippen LogP contribution is -1.99. The number of hydrogen-bond acceptors (Lipinski definition) is 4. The van der Waals surface area contributed by atoms with E-state index in [1.54, 1.807) is 0 Å². The van der Waals surface area contributed by atoms with Gasteiger partial charge in [-0.05, 0) is 19.3 Å². The molecule has 0 aliphatic rings. The number of hydrogen-bond donors (Lipinski definition) is 1. The highest BCUT2D eigenvalue weighted by Crippen LogP contribution is 2.13. The van der Waals surface area contributed by atoms with Crippen LogP contribution in [-0.2, 0) is 14.3 Å². The number of aliphatic hydroxyl groups is 1. The van der Waals surface area contributed by atoms with Crippen molar-refractivity contribution in [3.05, 3.63) is 0 Å². The molecule has 0 radical (unpaired) electrons. The van der Waals surface area contributed by atoms with E-state index >= 15 is 0 Å². The van der Waals surface area contributed by atoms with Crippen molar-refractivity contribution in [3.8, 4) is 0 Å². The molecule has 0 fully saturated rings. The lowest BCUT2D eigenvalue weighted by molar-refractivity contribution is -0.140. The number of rotatable bonds is 19. The van der Waals surface area contributed by atoms with E-state index in [0.717, 1.165) is 32.3 Å². The number of aliphatic hydroxyl groups excluding tert-OH is 1. The molecule has 4 nitrogen and oxygen atoms in total. The number of esters is 1. The van der Waals surface area contributed by atoms with Crippen LogP contribution in [0.1, 0.15) is 96.3 Å². The fraction of sp³-hybridized carbons (Fsp3) is 0.950. The predicted octanol–water partition coefficient (Wildman–Crippen LogP) is 5.02. The van der Waals surface area contributed by atoms with Crippen molar-refractivity contribution < 1.29 is 19.4 Å². The molecule has 0 spiro atoms. The highest BCUT2D eigenvalue weighted by atomic mass is 16.5. The van der Waals surface area contributed by atoms with Gasteiger partial charge in [0.25, 0.3) is 0 Å². The Labute approximate surface area is 149 Å². The molecule has 0 heterocycles. The summed E-state index contributed by atoms with van der Waals surface area (Å²) >= 11 is 0. The fourth-order valence-corrected chi connectivity index (χ4v) is 2.79. The zero-order valence-electron chi connectivity index (χ0n) is 15.9. The standard InChI is InChI=1S/C20H40O4/c1-23-20(22)16-13-11-9-7-5-3-2-4-6-8-10-12-14-18-24-19-15-17-21/h21H,2-19H2,1H3. The van der Waals surface area contributed by atoms with E-state index in [1.807, 2.05) is 0 Å². The predicted molar refractivity (Wildman–Crippen MR) is 99.2 cm³/mol. The first kappa shape index (κ1) is 23.4.